The van der Waals surface area contributed by atoms with Crippen LogP contribution in [-0.2, 0) is 16.1 Å². The van der Waals surface area contributed by atoms with Gasteiger partial charge in [-0.3, -0.25) is 0 Å². The van der Waals surface area contributed by atoms with Crippen LogP contribution in [0.5, 0.6) is 0 Å². The van der Waals surface area contributed by atoms with Crippen molar-refractivity contribution in [2.24, 2.45) is 0 Å². The van der Waals surface area contributed by atoms with Gasteiger partial charge in [0.2, 0.25) is 0 Å². The van der Waals surface area contributed by atoms with Crippen molar-refractivity contribution in [1.82, 2.24) is 4.57 Å². The Morgan fingerprint density at radius 1 is 0.964 bits per heavy atom. The van der Waals surface area contributed by atoms with E-state index in [2.05, 4.69) is 41.9 Å². The van der Waals surface area contributed by atoms with Gasteiger partial charge in [-0.1, -0.05) is 36.4 Å². The number of aromatic nitrogens is 1. The van der Waals surface area contributed by atoms with Crippen LogP contribution in [0.3, 0.4) is 0 Å². The number of carboxylic acids is 2. The molecule has 3 rings (SSSR count). The Hall–Kier alpha value is -3.32. The minimum absolute atomic E-state index is 0.436. The number of nitrogens with zero attached hydrogens (tertiary/aromatic N) is 1. The molecule has 1 heterocycles. The number of aliphatic carboxylic acids is 2. The fourth-order valence-electron chi connectivity index (χ4n) is 2.91. The van der Waals surface area contributed by atoms with Crippen LogP contribution in [0.4, 0.5) is 5.69 Å². The van der Waals surface area contributed by atoms with Crippen molar-refractivity contribution in [2.45, 2.75) is 26.5 Å². The second-order valence-corrected chi connectivity index (χ2v) is 6.35. The predicted octanol–water partition coefficient (Wildman–Crippen LogP) is 2.89. The number of hydrogen-bond acceptors (Lipinski definition) is 4. The van der Waals surface area contributed by atoms with Gasteiger partial charge in [0.05, 0.1) is 12.6 Å². The molecule has 2 aromatic carbocycles. The van der Waals surface area contributed by atoms with E-state index in [1.54, 1.807) is 0 Å². The number of fused-ring (bicyclic) bond motifs is 1. The fraction of sp³-hybridized carbons (Fsp3) is 0.238. The maximum Gasteiger partial charge on any atom is 0.414 e. The van der Waals surface area contributed by atoms with Crippen molar-refractivity contribution in [2.75, 3.05) is 11.9 Å². The van der Waals surface area contributed by atoms with Crippen LogP contribution in [0, 0.1) is 13.8 Å². The Morgan fingerprint density at radius 2 is 1.54 bits per heavy atom. The lowest BCUT2D eigenvalue weighted by Crippen LogP contribution is -2.25. The Labute approximate surface area is 162 Å². The van der Waals surface area contributed by atoms with E-state index in [4.69, 9.17) is 19.8 Å². The highest BCUT2D eigenvalue weighted by Crippen LogP contribution is 2.25. The highest BCUT2D eigenvalue weighted by Gasteiger charge is 2.13. The number of nitrogens with one attached hydrogen (secondary N) is 1. The van der Waals surface area contributed by atoms with Crippen molar-refractivity contribution >= 4 is 28.5 Å². The summed E-state index contributed by atoms with van der Waals surface area (Å²) < 4.78 is 2.21. The van der Waals surface area contributed by atoms with Gasteiger partial charge in [0.15, 0.2) is 0 Å². The number of rotatable bonds is 5. The number of aryl methyl sites for hydroxylation is 1. The Bertz CT molecular complexity index is 938. The summed E-state index contributed by atoms with van der Waals surface area (Å²) in [6.07, 6.45) is -0.436. The largest absolute Gasteiger partial charge is 0.473 e. The van der Waals surface area contributed by atoms with Gasteiger partial charge < -0.3 is 25.2 Å². The van der Waals surface area contributed by atoms with Crippen LogP contribution in [0.15, 0.2) is 54.6 Å². The molecule has 148 valence electrons. The lowest BCUT2D eigenvalue weighted by Gasteiger charge is -2.16. The molecule has 1 aromatic heterocycles. The summed E-state index contributed by atoms with van der Waals surface area (Å²) in [5.74, 6) is -3.65. The monoisotopic (exact) mass is 384 g/mol. The molecule has 0 amide bonds. The molecule has 7 nitrogen and oxygen atoms in total. The predicted molar refractivity (Wildman–Crippen MR) is 108 cm³/mol. The normalized spacial score (nSPS) is 11.4. The molecule has 0 fully saturated rings. The van der Waals surface area contributed by atoms with E-state index in [1.807, 2.05) is 36.4 Å². The number of benzene rings is 2. The lowest BCUT2D eigenvalue weighted by molar-refractivity contribution is -0.159. The molecule has 0 aliphatic rings. The van der Waals surface area contributed by atoms with Crippen LogP contribution in [0.1, 0.15) is 11.3 Å². The third-order valence-corrected chi connectivity index (χ3v) is 4.44. The fourth-order valence-corrected chi connectivity index (χ4v) is 2.91. The summed E-state index contributed by atoms with van der Waals surface area (Å²) >= 11 is 0. The number of carboxylic acid groups (broad SMARTS) is 2. The minimum Gasteiger partial charge on any atom is -0.473 e. The van der Waals surface area contributed by atoms with Gasteiger partial charge in [-0.15, -0.1) is 0 Å². The van der Waals surface area contributed by atoms with Crippen molar-refractivity contribution in [3.63, 3.8) is 0 Å². The smallest absolute Gasteiger partial charge is 0.414 e. The Balaban J connectivity index is 0.000000409. The van der Waals surface area contributed by atoms with Crippen molar-refractivity contribution in [3.05, 3.63) is 65.9 Å². The molecular weight excluding hydrogens is 360 g/mol. The number of anilines is 1. The molecular formula is C21H24N2O5. The Kier molecular flexibility index (Phi) is 7.17. The number of carbonyl (C=O) groups is 2. The van der Waals surface area contributed by atoms with Gasteiger partial charge in [-0.2, -0.15) is 0 Å². The summed E-state index contributed by atoms with van der Waals surface area (Å²) in [5, 5.41) is 29.7. The van der Waals surface area contributed by atoms with Crippen LogP contribution < -0.4 is 5.32 Å². The number of hydrogen-bond donors (Lipinski definition) is 4. The molecule has 0 aliphatic heterocycles. The van der Waals surface area contributed by atoms with Crippen LogP contribution in [0.25, 0.3) is 10.9 Å². The van der Waals surface area contributed by atoms with Gasteiger partial charge in [-0.25, -0.2) is 9.59 Å². The first-order chi connectivity index (χ1) is 13.3. The van der Waals surface area contributed by atoms with Crippen molar-refractivity contribution in [1.29, 1.82) is 0 Å². The highest BCUT2D eigenvalue weighted by molar-refractivity contribution is 6.27. The first-order valence-corrected chi connectivity index (χ1v) is 8.79. The van der Waals surface area contributed by atoms with Crippen molar-refractivity contribution < 1.29 is 24.9 Å². The van der Waals surface area contributed by atoms with Gasteiger partial charge in [0, 0.05) is 28.8 Å². The second-order valence-electron chi connectivity index (χ2n) is 6.35. The first-order valence-electron chi connectivity index (χ1n) is 8.79. The summed E-state index contributed by atoms with van der Waals surface area (Å²) in [5.41, 5.74) is 4.74. The van der Waals surface area contributed by atoms with Gasteiger partial charge in [0.25, 0.3) is 0 Å². The number of aliphatic hydroxyl groups is 1. The molecule has 0 aliphatic carbocycles. The summed E-state index contributed by atoms with van der Waals surface area (Å²) in [4.78, 5) is 18.2. The van der Waals surface area contributed by atoms with Crippen LogP contribution >= 0.6 is 0 Å². The average molecular weight is 384 g/mol. The summed E-state index contributed by atoms with van der Waals surface area (Å²) in [7, 11) is 0. The summed E-state index contributed by atoms with van der Waals surface area (Å²) in [6.45, 7) is 5.39. The van der Waals surface area contributed by atoms with Crippen LogP contribution in [0.2, 0.25) is 0 Å². The molecule has 0 bridgehead atoms. The molecule has 28 heavy (non-hydrogen) atoms. The molecule has 1 unspecified atom stereocenters. The molecule has 0 radical (unpaired) electrons. The zero-order chi connectivity index (χ0) is 20.7. The quantitative estimate of drug-likeness (QED) is 0.503. The van der Waals surface area contributed by atoms with E-state index in [9.17, 15) is 5.11 Å². The zero-order valence-electron chi connectivity index (χ0n) is 15.8. The standard InChI is InChI=1S/C19H22N2O.C2H2O4/c1-14-15(2)21(19-11-7-6-10-18(14)19)13-17(22)12-20-16-8-4-3-5-9-16;3-1(4)2(5)6/h3-11,17,20,22H,12-13H2,1-2H3;(H,3,4)(H,5,6). The van der Waals surface area contributed by atoms with E-state index >= 15 is 0 Å². The van der Waals surface area contributed by atoms with E-state index < -0.39 is 18.0 Å². The molecule has 7 heteroatoms. The molecule has 3 aromatic rings. The number of aliphatic hydroxyl groups excluding tert-OH is 1. The van der Waals surface area contributed by atoms with Crippen molar-refractivity contribution in [3.8, 4) is 0 Å². The maximum atomic E-state index is 10.4. The third-order valence-electron chi connectivity index (χ3n) is 4.44. The third kappa shape index (κ3) is 5.34. The minimum atomic E-state index is -1.82. The SMILES string of the molecule is Cc1c(C)n(CC(O)CNc2ccccc2)c2ccccc12.O=C(O)C(=O)O. The molecule has 4 N–H and O–H groups in total. The van der Waals surface area contributed by atoms with Gasteiger partial charge >= 0.3 is 11.9 Å². The second kappa shape index (κ2) is 9.57. The van der Waals surface area contributed by atoms with E-state index in [1.165, 1.54) is 22.2 Å². The van der Waals surface area contributed by atoms with Gasteiger partial charge in [0.1, 0.15) is 0 Å². The highest BCUT2D eigenvalue weighted by atomic mass is 16.4. The van der Waals surface area contributed by atoms with E-state index in [0.717, 1.165) is 5.69 Å². The Morgan fingerprint density at radius 3 is 2.14 bits per heavy atom. The topological polar surface area (TPSA) is 112 Å². The molecule has 0 spiro atoms. The molecule has 1 atom stereocenters. The lowest BCUT2D eigenvalue weighted by atomic mass is 10.2. The number of para-hydroxylation sites is 2. The zero-order valence-corrected chi connectivity index (χ0v) is 15.8. The van der Waals surface area contributed by atoms with E-state index in [-0.39, 0.29) is 0 Å². The molecule has 0 saturated heterocycles. The first kappa shape index (κ1) is 21.0. The molecule has 0 saturated carbocycles. The maximum absolute atomic E-state index is 10.4. The summed E-state index contributed by atoms with van der Waals surface area (Å²) in [6, 6.07) is 18.3. The van der Waals surface area contributed by atoms with Gasteiger partial charge in [-0.05, 0) is 37.6 Å². The van der Waals surface area contributed by atoms with Crippen LogP contribution in [-0.4, -0.2) is 44.5 Å². The van der Waals surface area contributed by atoms with E-state index in [0.29, 0.717) is 13.1 Å². The average Bonchev–Trinajstić information content (AvgIpc) is 2.93.